The number of likely N-dealkylation sites (tertiary alicyclic amines) is 1. The van der Waals surface area contributed by atoms with E-state index in [1.807, 2.05) is 0 Å². The Morgan fingerprint density at radius 2 is 1.65 bits per heavy atom. The summed E-state index contributed by atoms with van der Waals surface area (Å²) >= 11 is 0. The predicted molar refractivity (Wildman–Crippen MR) is 81.6 cm³/mol. The normalized spacial score (nSPS) is 21.8. The third-order valence-corrected chi connectivity index (χ3v) is 6.57. The molecule has 0 radical (unpaired) electrons. The highest BCUT2D eigenvalue weighted by atomic mass is 35.5. The van der Waals surface area contributed by atoms with Crippen molar-refractivity contribution in [2.75, 3.05) is 25.4 Å². The quantitative estimate of drug-likeness (QED) is 0.835. The number of rotatable bonds is 4. The highest BCUT2D eigenvalue weighted by Gasteiger charge is 2.32. The second kappa shape index (κ2) is 7.61. The van der Waals surface area contributed by atoms with Crippen LogP contribution in [0.1, 0.15) is 38.5 Å². The first-order valence-electron chi connectivity index (χ1n) is 7.22. The van der Waals surface area contributed by atoms with E-state index >= 15 is 0 Å². The minimum atomic E-state index is -3.24. The molecule has 2 fully saturated rings. The van der Waals surface area contributed by atoms with Crippen LogP contribution in [0.5, 0.6) is 0 Å². The Balaban J connectivity index is 0.00000200. The van der Waals surface area contributed by atoms with Gasteiger partial charge in [0.05, 0.1) is 5.25 Å². The molecular weight excluding hydrogens is 300 g/mol. The number of nitrogens with zero attached hydrogens (tertiary/aromatic N) is 1. The number of piperidine rings is 1. The topological polar surface area (TPSA) is 80.5 Å². The zero-order chi connectivity index (χ0) is 13.9. The Bertz CT molecular complexity index is 413. The molecule has 1 saturated heterocycles. The fraction of sp³-hybridized carbons (Fsp3) is 0.923. The van der Waals surface area contributed by atoms with E-state index in [0.29, 0.717) is 25.6 Å². The number of halogens is 1. The van der Waals surface area contributed by atoms with Crippen LogP contribution in [0.15, 0.2) is 0 Å². The smallest absolute Gasteiger partial charge is 0.237 e. The molecule has 1 saturated carbocycles. The minimum absolute atomic E-state index is 0. The van der Waals surface area contributed by atoms with Gasteiger partial charge in [-0.2, -0.15) is 0 Å². The van der Waals surface area contributed by atoms with Crippen molar-refractivity contribution in [3.63, 3.8) is 0 Å². The van der Waals surface area contributed by atoms with E-state index in [0.717, 1.165) is 38.5 Å². The van der Waals surface area contributed by atoms with Crippen molar-refractivity contribution >= 4 is 28.2 Å². The maximum atomic E-state index is 12.1. The fourth-order valence-corrected chi connectivity index (χ4v) is 4.86. The van der Waals surface area contributed by atoms with Gasteiger partial charge in [-0.3, -0.25) is 4.79 Å². The summed E-state index contributed by atoms with van der Waals surface area (Å²) in [6.45, 7) is 1.96. The van der Waals surface area contributed by atoms with Crippen molar-refractivity contribution in [1.29, 1.82) is 0 Å². The molecule has 1 amide bonds. The molecule has 1 heterocycles. The molecule has 7 heteroatoms. The van der Waals surface area contributed by atoms with Crippen LogP contribution in [0.25, 0.3) is 0 Å². The lowest BCUT2D eigenvalue weighted by Gasteiger charge is -2.31. The Morgan fingerprint density at radius 3 is 2.15 bits per heavy atom. The van der Waals surface area contributed by atoms with Gasteiger partial charge in [0.2, 0.25) is 5.91 Å². The lowest BCUT2D eigenvalue weighted by molar-refractivity contribution is -0.129. The van der Waals surface area contributed by atoms with Crippen molar-refractivity contribution in [2.45, 2.75) is 43.8 Å². The van der Waals surface area contributed by atoms with Crippen LogP contribution >= 0.6 is 12.4 Å². The standard InChI is InChI=1S/C13H24N2O3S.ClH/c14-9-11-5-7-15(8-6-11)13(16)10-19(17,18)12-3-1-2-4-12;/h11-12H,1-10,14H2;1H. The lowest BCUT2D eigenvalue weighted by Crippen LogP contribution is -2.43. The SMILES string of the molecule is Cl.NCC1CCN(C(=O)CS(=O)(=O)C2CCCC2)CC1. The molecule has 0 aromatic carbocycles. The molecule has 2 aliphatic rings. The van der Waals surface area contributed by atoms with Crippen LogP contribution in [-0.2, 0) is 14.6 Å². The maximum absolute atomic E-state index is 12.1. The average molecular weight is 325 g/mol. The molecule has 118 valence electrons. The van der Waals surface area contributed by atoms with Gasteiger partial charge in [0, 0.05) is 13.1 Å². The minimum Gasteiger partial charge on any atom is -0.342 e. The van der Waals surface area contributed by atoms with E-state index in [9.17, 15) is 13.2 Å². The highest BCUT2D eigenvalue weighted by molar-refractivity contribution is 7.92. The van der Waals surface area contributed by atoms with Crippen LogP contribution in [-0.4, -0.2) is 49.9 Å². The first kappa shape index (κ1) is 17.7. The third-order valence-electron chi connectivity index (χ3n) is 4.44. The average Bonchev–Trinajstić information content (AvgIpc) is 2.93. The molecule has 5 nitrogen and oxygen atoms in total. The first-order chi connectivity index (χ1) is 9.03. The monoisotopic (exact) mass is 324 g/mol. The Morgan fingerprint density at radius 1 is 1.10 bits per heavy atom. The van der Waals surface area contributed by atoms with Gasteiger partial charge in [-0.15, -0.1) is 12.4 Å². The summed E-state index contributed by atoms with van der Waals surface area (Å²) in [5.41, 5.74) is 5.61. The fourth-order valence-electron chi connectivity index (χ4n) is 3.05. The highest BCUT2D eigenvalue weighted by Crippen LogP contribution is 2.25. The van der Waals surface area contributed by atoms with Gasteiger partial charge < -0.3 is 10.6 Å². The molecule has 0 aromatic heterocycles. The van der Waals surface area contributed by atoms with E-state index in [-0.39, 0.29) is 29.3 Å². The van der Waals surface area contributed by atoms with Crippen LogP contribution in [0.3, 0.4) is 0 Å². The van der Waals surface area contributed by atoms with Crippen molar-refractivity contribution in [3.05, 3.63) is 0 Å². The van der Waals surface area contributed by atoms with Crippen LogP contribution in [0.4, 0.5) is 0 Å². The van der Waals surface area contributed by atoms with Crippen LogP contribution in [0.2, 0.25) is 0 Å². The summed E-state index contributed by atoms with van der Waals surface area (Å²) in [4.78, 5) is 13.8. The van der Waals surface area contributed by atoms with Gasteiger partial charge in [-0.05, 0) is 38.1 Å². The van der Waals surface area contributed by atoms with E-state index in [4.69, 9.17) is 5.73 Å². The largest absolute Gasteiger partial charge is 0.342 e. The number of carbonyl (C=O) groups excluding carboxylic acids is 1. The molecule has 0 unspecified atom stereocenters. The Hall–Kier alpha value is -0.330. The molecule has 20 heavy (non-hydrogen) atoms. The van der Waals surface area contributed by atoms with Gasteiger partial charge in [0.15, 0.2) is 9.84 Å². The van der Waals surface area contributed by atoms with Crippen molar-refractivity contribution in [1.82, 2.24) is 4.90 Å². The van der Waals surface area contributed by atoms with Gasteiger partial charge in [0.25, 0.3) is 0 Å². The number of carbonyl (C=O) groups is 1. The second-order valence-corrected chi connectivity index (χ2v) is 8.05. The van der Waals surface area contributed by atoms with Crippen molar-refractivity contribution < 1.29 is 13.2 Å². The molecule has 2 rings (SSSR count). The van der Waals surface area contributed by atoms with Gasteiger partial charge in [0.1, 0.15) is 5.75 Å². The summed E-state index contributed by atoms with van der Waals surface area (Å²) in [5, 5.41) is -0.280. The Labute approximate surface area is 127 Å². The third kappa shape index (κ3) is 4.33. The van der Waals surface area contributed by atoms with E-state index in [1.165, 1.54) is 0 Å². The summed E-state index contributed by atoms with van der Waals surface area (Å²) in [5.74, 6) is -0.0387. The van der Waals surface area contributed by atoms with E-state index in [2.05, 4.69) is 0 Å². The van der Waals surface area contributed by atoms with E-state index < -0.39 is 9.84 Å². The number of hydrogen-bond donors (Lipinski definition) is 1. The van der Waals surface area contributed by atoms with Crippen LogP contribution in [0, 0.1) is 5.92 Å². The molecule has 2 N–H and O–H groups in total. The summed E-state index contributed by atoms with van der Waals surface area (Å²) in [6.07, 6.45) is 5.19. The molecule has 0 spiro atoms. The summed E-state index contributed by atoms with van der Waals surface area (Å²) in [6, 6.07) is 0. The zero-order valence-electron chi connectivity index (χ0n) is 11.8. The molecule has 0 atom stereocenters. The molecule has 1 aliphatic heterocycles. The van der Waals surface area contributed by atoms with Gasteiger partial charge >= 0.3 is 0 Å². The van der Waals surface area contributed by atoms with E-state index in [1.54, 1.807) is 4.90 Å². The summed E-state index contributed by atoms with van der Waals surface area (Å²) < 4.78 is 24.3. The molecule has 0 bridgehead atoms. The van der Waals surface area contributed by atoms with Crippen LogP contribution < -0.4 is 5.73 Å². The summed E-state index contributed by atoms with van der Waals surface area (Å²) in [7, 11) is -3.24. The zero-order valence-corrected chi connectivity index (χ0v) is 13.4. The first-order valence-corrected chi connectivity index (χ1v) is 8.94. The van der Waals surface area contributed by atoms with Gasteiger partial charge in [-0.1, -0.05) is 12.8 Å². The lowest BCUT2D eigenvalue weighted by atomic mass is 9.97. The molecule has 1 aliphatic carbocycles. The number of hydrogen-bond acceptors (Lipinski definition) is 4. The number of amides is 1. The van der Waals surface area contributed by atoms with Crippen molar-refractivity contribution in [3.8, 4) is 0 Å². The predicted octanol–water partition coefficient (Wildman–Crippen LogP) is 0.963. The van der Waals surface area contributed by atoms with Gasteiger partial charge in [-0.25, -0.2) is 8.42 Å². The number of nitrogens with two attached hydrogens (primary N) is 1. The molecular formula is C13H25ClN2O3S. The Kier molecular flexibility index (Phi) is 6.75. The number of sulfone groups is 1. The maximum Gasteiger partial charge on any atom is 0.237 e. The van der Waals surface area contributed by atoms with Crippen molar-refractivity contribution in [2.24, 2.45) is 11.7 Å². The second-order valence-electron chi connectivity index (χ2n) is 5.77. The molecule has 0 aromatic rings.